The summed E-state index contributed by atoms with van der Waals surface area (Å²) < 4.78 is 0. The molecular formula is C20H19N3O3S. The summed E-state index contributed by atoms with van der Waals surface area (Å²) >= 11 is 1.39. The Morgan fingerprint density at radius 2 is 1.89 bits per heavy atom. The van der Waals surface area contributed by atoms with Gasteiger partial charge in [-0.05, 0) is 43.5 Å². The molecule has 0 unspecified atom stereocenters. The standard InChI is InChI=1S/C20H19N3O3S/c24-20-19(27-18-7-3-2-6-16(18)21-20)13-14-12-15(23(25)26)8-9-17(14)22-10-4-1-5-11-22/h2-3,6-9,12-13H,1,4-5,10-11H2,(H,21,24)/b19-13+. The van der Waals surface area contributed by atoms with Crippen LogP contribution in [0.2, 0.25) is 0 Å². The highest BCUT2D eigenvalue weighted by Crippen LogP contribution is 2.40. The van der Waals surface area contributed by atoms with Crippen molar-refractivity contribution < 1.29 is 9.72 Å². The maximum atomic E-state index is 12.5. The van der Waals surface area contributed by atoms with E-state index in [1.54, 1.807) is 18.2 Å². The third-order valence-electron chi connectivity index (χ3n) is 4.78. The zero-order valence-corrected chi connectivity index (χ0v) is 15.5. The van der Waals surface area contributed by atoms with Crippen LogP contribution in [0.25, 0.3) is 6.08 Å². The molecule has 0 bridgehead atoms. The lowest BCUT2D eigenvalue weighted by atomic mass is 10.1. The number of anilines is 2. The van der Waals surface area contributed by atoms with E-state index >= 15 is 0 Å². The van der Waals surface area contributed by atoms with E-state index in [0.29, 0.717) is 10.5 Å². The van der Waals surface area contributed by atoms with E-state index in [9.17, 15) is 14.9 Å². The van der Waals surface area contributed by atoms with Gasteiger partial charge in [-0.3, -0.25) is 14.9 Å². The molecule has 1 fully saturated rings. The summed E-state index contributed by atoms with van der Waals surface area (Å²) in [5.41, 5.74) is 2.48. The maximum Gasteiger partial charge on any atom is 0.270 e. The van der Waals surface area contributed by atoms with Crippen molar-refractivity contribution in [2.45, 2.75) is 24.2 Å². The number of thioether (sulfide) groups is 1. The fourth-order valence-corrected chi connectivity index (χ4v) is 4.38. The summed E-state index contributed by atoms with van der Waals surface area (Å²) in [5, 5.41) is 14.1. The van der Waals surface area contributed by atoms with Crippen LogP contribution in [0.5, 0.6) is 0 Å². The first-order valence-corrected chi connectivity index (χ1v) is 9.77. The van der Waals surface area contributed by atoms with Gasteiger partial charge in [-0.25, -0.2) is 0 Å². The van der Waals surface area contributed by atoms with Crippen molar-refractivity contribution in [3.8, 4) is 0 Å². The van der Waals surface area contributed by atoms with Crippen molar-refractivity contribution in [1.29, 1.82) is 0 Å². The van der Waals surface area contributed by atoms with Crippen LogP contribution in [-0.2, 0) is 4.79 Å². The van der Waals surface area contributed by atoms with Crippen LogP contribution < -0.4 is 10.2 Å². The van der Waals surface area contributed by atoms with Gasteiger partial charge in [0.2, 0.25) is 0 Å². The number of carbonyl (C=O) groups is 1. The lowest BCUT2D eigenvalue weighted by Crippen LogP contribution is -2.30. The molecule has 1 N–H and O–H groups in total. The van der Waals surface area contributed by atoms with Crippen LogP contribution in [0, 0.1) is 10.1 Å². The van der Waals surface area contributed by atoms with Gasteiger partial charge in [0.05, 0.1) is 15.5 Å². The van der Waals surface area contributed by atoms with Crippen molar-refractivity contribution in [3.05, 3.63) is 63.0 Å². The van der Waals surface area contributed by atoms with Gasteiger partial charge in [-0.15, -0.1) is 0 Å². The largest absolute Gasteiger partial charge is 0.371 e. The average Bonchev–Trinajstić information content (AvgIpc) is 2.69. The summed E-state index contributed by atoms with van der Waals surface area (Å²) in [6.45, 7) is 1.85. The quantitative estimate of drug-likeness (QED) is 0.475. The number of carbonyl (C=O) groups excluding carboxylic acids is 1. The number of nitrogens with one attached hydrogen (secondary N) is 1. The van der Waals surface area contributed by atoms with Gasteiger partial charge in [-0.1, -0.05) is 23.9 Å². The second-order valence-corrected chi connectivity index (χ2v) is 7.69. The molecule has 7 heteroatoms. The topological polar surface area (TPSA) is 75.5 Å². The number of hydrogen-bond acceptors (Lipinski definition) is 5. The van der Waals surface area contributed by atoms with Gasteiger partial charge in [-0.2, -0.15) is 0 Å². The maximum absolute atomic E-state index is 12.5. The molecule has 0 atom stereocenters. The number of fused-ring (bicyclic) bond motifs is 1. The monoisotopic (exact) mass is 381 g/mol. The Morgan fingerprint density at radius 3 is 2.67 bits per heavy atom. The molecule has 27 heavy (non-hydrogen) atoms. The van der Waals surface area contributed by atoms with E-state index in [4.69, 9.17) is 0 Å². The van der Waals surface area contributed by atoms with E-state index in [0.717, 1.165) is 42.2 Å². The third kappa shape index (κ3) is 3.68. The molecular weight excluding hydrogens is 362 g/mol. The second kappa shape index (κ2) is 7.44. The van der Waals surface area contributed by atoms with Crippen LogP contribution in [0.4, 0.5) is 17.1 Å². The number of amides is 1. The molecule has 4 rings (SSSR count). The van der Waals surface area contributed by atoms with Gasteiger partial charge in [0.15, 0.2) is 0 Å². The minimum atomic E-state index is -0.397. The highest BCUT2D eigenvalue weighted by molar-refractivity contribution is 8.04. The summed E-state index contributed by atoms with van der Waals surface area (Å²) in [4.78, 5) is 27.1. The Labute approximate surface area is 161 Å². The fourth-order valence-electron chi connectivity index (χ4n) is 3.44. The smallest absolute Gasteiger partial charge is 0.270 e. The van der Waals surface area contributed by atoms with Gasteiger partial charge in [0.1, 0.15) is 0 Å². The van der Waals surface area contributed by atoms with Gasteiger partial charge >= 0.3 is 0 Å². The van der Waals surface area contributed by atoms with E-state index < -0.39 is 4.92 Å². The number of non-ortho nitro benzene ring substituents is 1. The molecule has 0 saturated carbocycles. The SMILES string of the molecule is O=C1Nc2ccccc2S/C1=C/c1cc([N+](=O)[O-])ccc1N1CCCCC1. The molecule has 138 valence electrons. The molecule has 2 aromatic carbocycles. The molecule has 2 aliphatic heterocycles. The van der Waals surface area contributed by atoms with E-state index in [1.807, 2.05) is 24.3 Å². The molecule has 2 heterocycles. The van der Waals surface area contributed by atoms with Gasteiger partial charge in [0.25, 0.3) is 11.6 Å². The van der Waals surface area contributed by atoms with Gasteiger partial charge < -0.3 is 10.2 Å². The Hall–Kier alpha value is -2.80. The zero-order valence-electron chi connectivity index (χ0n) is 14.7. The van der Waals surface area contributed by atoms with Crippen molar-refractivity contribution in [1.82, 2.24) is 0 Å². The zero-order chi connectivity index (χ0) is 18.8. The van der Waals surface area contributed by atoms with Crippen LogP contribution in [0.15, 0.2) is 52.3 Å². The normalized spacial score (nSPS) is 18.1. The highest BCUT2D eigenvalue weighted by atomic mass is 32.2. The Morgan fingerprint density at radius 1 is 1.11 bits per heavy atom. The number of hydrogen-bond donors (Lipinski definition) is 1. The first-order valence-electron chi connectivity index (χ1n) is 8.95. The highest BCUT2D eigenvalue weighted by Gasteiger charge is 2.23. The summed E-state index contributed by atoms with van der Waals surface area (Å²) in [6, 6.07) is 12.5. The lowest BCUT2D eigenvalue weighted by molar-refractivity contribution is -0.384. The van der Waals surface area contributed by atoms with Crippen LogP contribution in [0.3, 0.4) is 0 Å². The van der Waals surface area contributed by atoms with Crippen LogP contribution >= 0.6 is 11.8 Å². The number of nitrogens with zero attached hydrogens (tertiary/aromatic N) is 2. The molecule has 1 amide bonds. The second-order valence-electron chi connectivity index (χ2n) is 6.61. The lowest BCUT2D eigenvalue weighted by Gasteiger charge is -2.30. The van der Waals surface area contributed by atoms with Crippen molar-refractivity contribution in [2.24, 2.45) is 0 Å². The van der Waals surface area contributed by atoms with Crippen molar-refractivity contribution in [2.75, 3.05) is 23.3 Å². The number of benzene rings is 2. The van der Waals surface area contributed by atoms with Crippen LogP contribution in [0.1, 0.15) is 24.8 Å². The van der Waals surface area contributed by atoms with E-state index in [1.165, 1.54) is 24.2 Å². The fraction of sp³-hybridized carbons (Fsp3) is 0.250. The van der Waals surface area contributed by atoms with Gasteiger partial charge in [0, 0.05) is 41.4 Å². The molecule has 0 aromatic heterocycles. The molecule has 0 spiro atoms. The van der Waals surface area contributed by atoms with E-state index in [2.05, 4.69) is 10.2 Å². The number of para-hydroxylation sites is 1. The number of rotatable bonds is 3. The van der Waals surface area contributed by atoms with Crippen molar-refractivity contribution in [3.63, 3.8) is 0 Å². The third-order valence-corrected chi connectivity index (χ3v) is 5.88. The molecule has 6 nitrogen and oxygen atoms in total. The number of nitro groups is 1. The summed E-state index contributed by atoms with van der Waals surface area (Å²) in [5.74, 6) is -0.185. The van der Waals surface area contributed by atoms with E-state index in [-0.39, 0.29) is 11.6 Å². The Bertz CT molecular complexity index is 936. The van der Waals surface area contributed by atoms with Crippen molar-refractivity contribution >= 4 is 40.8 Å². The molecule has 1 saturated heterocycles. The van der Waals surface area contributed by atoms with Crippen LogP contribution in [-0.4, -0.2) is 23.9 Å². The molecule has 2 aliphatic rings. The molecule has 0 aliphatic carbocycles. The average molecular weight is 381 g/mol. The predicted molar refractivity (Wildman–Crippen MR) is 108 cm³/mol. The summed E-state index contributed by atoms with van der Waals surface area (Å²) in [7, 11) is 0. The molecule has 0 radical (unpaired) electrons. The minimum absolute atomic E-state index is 0.0317. The molecule has 2 aromatic rings. The Kier molecular flexibility index (Phi) is 4.85. The first kappa shape index (κ1) is 17.6. The summed E-state index contributed by atoms with van der Waals surface area (Å²) in [6.07, 6.45) is 5.19. The first-order chi connectivity index (χ1) is 13.1. The number of nitro benzene ring substituents is 1. The minimum Gasteiger partial charge on any atom is -0.371 e. The number of piperidine rings is 1. The predicted octanol–water partition coefficient (Wildman–Crippen LogP) is 4.67. The Balaban J connectivity index is 1.75.